The number of methoxy groups -OCH3 is 1. The summed E-state index contributed by atoms with van der Waals surface area (Å²) in [6.45, 7) is 3.82. The maximum absolute atomic E-state index is 15.6. The van der Waals surface area contributed by atoms with Gasteiger partial charge in [-0.15, -0.1) is 15.3 Å². The summed E-state index contributed by atoms with van der Waals surface area (Å²) in [5.74, 6) is -4.03. The van der Waals surface area contributed by atoms with Crippen molar-refractivity contribution in [2.45, 2.75) is 24.7 Å². The molecule has 4 aromatic rings. The van der Waals surface area contributed by atoms with Gasteiger partial charge >= 0.3 is 5.92 Å². The second-order valence-corrected chi connectivity index (χ2v) is 8.96. The lowest BCUT2D eigenvalue weighted by Gasteiger charge is -2.15. The molecule has 1 atom stereocenters. The van der Waals surface area contributed by atoms with Crippen molar-refractivity contribution < 1.29 is 13.5 Å². The average Bonchev–Trinajstić information content (AvgIpc) is 3.63. The number of nitrogens with one attached hydrogen (secondary N) is 1. The smallest absolute Gasteiger partial charge is 0.333 e. The zero-order valence-corrected chi connectivity index (χ0v) is 20.8. The third-order valence-corrected chi connectivity index (χ3v) is 6.46. The Hall–Kier alpha value is -4.19. The van der Waals surface area contributed by atoms with Gasteiger partial charge in [-0.2, -0.15) is 13.3 Å². The van der Waals surface area contributed by atoms with Gasteiger partial charge in [0, 0.05) is 54.1 Å². The normalized spacial score (nSPS) is 15.3. The molecular formula is C26H27F2N9O. The van der Waals surface area contributed by atoms with Crippen LogP contribution in [0.15, 0.2) is 53.8 Å². The van der Waals surface area contributed by atoms with E-state index in [9.17, 15) is 0 Å². The number of ether oxygens (including phenoxy) is 1. The average molecular weight is 520 g/mol. The quantitative estimate of drug-likeness (QED) is 0.318. The van der Waals surface area contributed by atoms with Gasteiger partial charge in [0.15, 0.2) is 11.5 Å². The lowest BCUT2D eigenvalue weighted by Crippen LogP contribution is -2.22. The predicted octanol–water partition coefficient (Wildman–Crippen LogP) is 3.63. The van der Waals surface area contributed by atoms with Gasteiger partial charge in [-0.1, -0.05) is 18.2 Å². The van der Waals surface area contributed by atoms with Gasteiger partial charge < -0.3 is 15.0 Å². The highest BCUT2D eigenvalue weighted by atomic mass is 19.3. The Kier molecular flexibility index (Phi) is 7.40. The summed E-state index contributed by atoms with van der Waals surface area (Å²) in [6.07, 6.45) is 8.68. The molecule has 0 amide bonds. The van der Waals surface area contributed by atoms with Crippen LogP contribution in [-0.2, 0) is 5.92 Å². The summed E-state index contributed by atoms with van der Waals surface area (Å²) in [5, 5.41) is 19.3. The first-order chi connectivity index (χ1) is 18.5. The summed E-state index contributed by atoms with van der Waals surface area (Å²) in [6, 6.07) is 8.83. The Bertz CT molecular complexity index is 1430. The van der Waals surface area contributed by atoms with E-state index in [1.807, 2.05) is 0 Å². The van der Waals surface area contributed by atoms with E-state index in [2.05, 4.69) is 35.2 Å². The number of rotatable bonds is 10. The number of hydrogen-bond acceptors (Lipinski definition) is 9. The molecule has 4 heterocycles. The molecule has 38 heavy (non-hydrogen) atoms. The minimum Gasteiger partial charge on any atom is -0.480 e. The second-order valence-electron chi connectivity index (χ2n) is 8.96. The van der Waals surface area contributed by atoms with Gasteiger partial charge in [0.25, 0.3) is 0 Å². The van der Waals surface area contributed by atoms with Crippen molar-refractivity contribution in [3.05, 3.63) is 65.7 Å². The maximum atomic E-state index is 15.6. The number of likely N-dealkylation sites (tertiary alicyclic amines) is 1. The molecule has 1 unspecified atom stereocenters. The number of benzene rings is 1. The number of aromatic nitrogens is 6. The van der Waals surface area contributed by atoms with Gasteiger partial charge in [0.2, 0.25) is 11.7 Å². The Morgan fingerprint density at radius 3 is 2.66 bits per heavy atom. The molecule has 3 aromatic heterocycles. The first-order valence-electron chi connectivity index (χ1n) is 12.3. The van der Waals surface area contributed by atoms with Crippen LogP contribution in [0, 0.1) is 5.41 Å². The van der Waals surface area contributed by atoms with Crippen LogP contribution in [0.3, 0.4) is 0 Å². The van der Waals surface area contributed by atoms with Crippen molar-refractivity contribution in [1.82, 2.24) is 34.7 Å². The first-order valence-corrected chi connectivity index (χ1v) is 12.3. The second kappa shape index (κ2) is 11.1. The van der Waals surface area contributed by atoms with Crippen LogP contribution in [-0.4, -0.2) is 80.4 Å². The molecule has 1 aromatic carbocycles. The SMILES string of the molecule is COc1ccc2nnc(C(F)(F)c3cccc(-c4ncc(C(C=N)C=NCCN5CCCC5)cn4)c3)n2n1. The van der Waals surface area contributed by atoms with Crippen LogP contribution < -0.4 is 4.74 Å². The number of halogens is 2. The van der Waals surface area contributed by atoms with E-state index < -0.39 is 11.7 Å². The van der Waals surface area contributed by atoms with E-state index in [1.54, 1.807) is 24.7 Å². The van der Waals surface area contributed by atoms with E-state index in [0.717, 1.165) is 24.1 Å². The Morgan fingerprint density at radius 2 is 1.92 bits per heavy atom. The van der Waals surface area contributed by atoms with Crippen molar-refractivity contribution >= 4 is 18.1 Å². The molecule has 0 bridgehead atoms. The molecular weight excluding hydrogens is 492 g/mol. The summed E-state index contributed by atoms with van der Waals surface area (Å²) < 4.78 is 37.1. The summed E-state index contributed by atoms with van der Waals surface area (Å²) in [4.78, 5) is 15.6. The first kappa shape index (κ1) is 25.5. The van der Waals surface area contributed by atoms with E-state index in [0.29, 0.717) is 17.7 Å². The molecule has 1 saturated heterocycles. The molecule has 5 rings (SSSR count). The van der Waals surface area contributed by atoms with Gasteiger partial charge in [-0.25, -0.2) is 9.97 Å². The molecule has 1 fully saturated rings. The van der Waals surface area contributed by atoms with E-state index in [4.69, 9.17) is 10.1 Å². The fraction of sp³-hybridized carbons (Fsp3) is 0.346. The molecule has 0 saturated carbocycles. The minimum atomic E-state index is -3.49. The molecule has 1 aliphatic rings. The maximum Gasteiger partial charge on any atom is 0.333 e. The topological polar surface area (TPSA) is 118 Å². The van der Waals surface area contributed by atoms with Gasteiger partial charge in [0.1, 0.15) is 0 Å². The lowest BCUT2D eigenvalue weighted by atomic mass is 10.0. The third-order valence-electron chi connectivity index (χ3n) is 6.46. The largest absolute Gasteiger partial charge is 0.480 e. The molecule has 0 aliphatic carbocycles. The zero-order chi connectivity index (χ0) is 26.5. The van der Waals surface area contributed by atoms with Gasteiger partial charge in [-0.05, 0) is 38.1 Å². The van der Waals surface area contributed by atoms with E-state index in [-0.39, 0.29) is 28.8 Å². The Balaban J connectivity index is 1.34. The Morgan fingerprint density at radius 1 is 1.13 bits per heavy atom. The van der Waals surface area contributed by atoms with Crippen LogP contribution in [0.1, 0.15) is 35.7 Å². The summed E-state index contributed by atoms with van der Waals surface area (Å²) in [5.41, 5.74) is 0.990. The van der Waals surface area contributed by atoms with E-state index in [1.165, 1.54) is 56.5 Å². The molecule has 10 nitrogen and oxygen atoms in total. The highest BCUT2D eigenvalue weighted by molar-refractivity contribution is 5.88. The summed E-state index contributed by atoms with van der Waals surface area (Å²) >= 11 is 0. The molecule has 0 spiro atoms. The number of fused-ring (bicyclic) bond motifs is 1. The molecule has 0 radical (unpaired) electrons. The number of hydrogen-bond donors (Lipinski definition) is 1. The minimum absolute atomic E-state index is 0.163. The van der Waals surface area contributed by atoms with Crippen LogP contribution in [0.25, 0.3) is 17.0 Å². The van der Waals surface area contributed by atoms with Crippen molar-refractivity contribution in [3.8, 4) is 17.3 Å². The number of nitrogens with zero attached hydrogens (tertiary/aromatic N) is 8. The third kappa shape index (κ3) is 5.25. The number of aliphatic imine (C=N–C) groups is 1. The molecule has 12 heteroatoms. The van der Waals surface area contributed by atoms with Crippen molar-refractivity contribution in [1.29, 1.82) is 5.41 Å². The van der Waals surface area contributed by atoms with Gasteiger partial charge in [0.05, 0.1) is 19.6 Å². The van der Waals surface area contributed by atoms with Crippen molar-refractivity contribution in [3.63, 3.8) is 0 Å². The molecule has 196 valence electrons. The van der Waals surface area contributed by atoms with E-state index >= 15 is 8.78 Å². The fourth-order valence-corrected chi connectivity index (χ4v) is 4.34. The molecule has 1 N–H and O–H groups in total. The van der Waals surface area contributed by atoms with Crippen LogP contribution in [0.2, 0.25) is 0 Å². The van der Waals surface area contributed by atoms with Crippen LogP contribution in [0.5, 0.6) is 5.88 Å². The highest BCUT2D eigenvalue weighted by Gasteiger charge is 2.40. The fourth-order valence-electron chi connectivity index (χ4n) is 4.34. The molecule has 1 aliphatic heterocycles. The van der Waals surface area contributed by atoms with Crippen molar-refractivity contribution in [2.75, 3.05) is 33.3 Å². The van der Waals surface area contributed by atoms with Gasteiger partial charge in [-0.3, -0.25) is 4.99 Å². The Labute approximate surface area is 217 Å². The standard InChI is InChI=1S/C26H27F2N9O/c1-38-23-8-7-22-33-34-25(37(22)35-23)26(27,28)21-6-4-5-18(13-21)24-31-16-20(17-32-24)19(14-29)15-30-9-12-36-10-2-3-11-36/h4-8,13-17,19,29H,2-3,9-12H2,1H3. The summed E-state index contributed by atoms with van der Waals surface area (Å²) in [7, 11) is 1.40. The van der Waals surface area contributed by atoms with Crippen LogP contribution in [0.4, 0.5) is 8.78 Å². The van der Waals surface area contributed by atoms with Crippen LogP contribution >= 0.6 is 0 Å². The number of alkyl halides is 2. The van der Waals surface area contributed by atoms with Crippen molar-refractivity contribution in [2.24, 2.45) is 4.99 Å². The lowest BCUT2D eigenvalue weighted by molar-refractivity contribution is 0.0305. The monoisotopic (exact) mass is 519 g/mol. The highest BCUT2D eigenvalue weighted by Crippen LogP contribution is 2.36. The zero-order valence-electron chi connectivity index (χ0n) is 20.8. The predicted molar refractivity (Wildman–Crippen MR) is 138 cm³/mol.